The van der Waals surface area contributed by atoms with E-state index in [2.05, 4.69) is 54.6 Å². The Morgan fingerprint density at radius 3 is 1.20 bits per heavy atom. The van der Waals surface area contributed by atoms with Crippen LogP contribution in [-0.4, -0.2) is 0 Å². The van der Waals surface area contributed by atoms with E-state index in [4.69, 9.17) is 13.3 Å². The molecule has 12 rings (SSSR count). The average Bonchev–Trinajstić information content (AvgIpc) is 3.60. The van der Waals surface area contributed by atoms with E-state index in [1.165, 1.54) is 11.1 Å². The van der Waals surface area contributed by atoms with Gasteiger partial charge in [-0.05, 0) is 128 Å². The highest BCUT2D eigenvalue weighted by Crippen LogP contribution is 2.49. The maximum absolute atomic E-state index is 13.2. The first-order chi connectivity index (χ1) is 29.4. The van der Waals surface area contributed by atoms with Gasteiger partial charge in [-0.2, -0.15) is 0 Å². The van der Waals surface area contributed by atoms with Crippen LogP contribution < -0.4 is 16.9 Å². The average molecular weight is 777 g/mol. The molecule has 1 aliphatic carbocycles. The van der Waals surface area contributed by atoms with Crippen molar-refractivity contribution in [3.63, 3.8) is 0 Å². The van der Waals surface area contributed by atoms with E-state index < -0.39 is 0 Å². The minimum atomic E-state index is -0.362. The molecule has 0 amide bonds. The van der Waals surface area contributed by atoms with Crippen molar-refractivity contribution in [3.05, 3.63) is 212 Å². The molecule has 0 radical (unpaired) electrons. The molecular formula is C54H32O6. The molecule has 0 saturated heterocycles. The maximum Gasteiger partial charge on any atom is 0.344 e. The Kier molecular flexibility index (Phi) is 7.47. The molecule has 8 aromatic carbocycles. The lowest BCUT2D eigenvalue weighted by atomic mass is 9.89. The minimum Gasteiger partial charge on any atom is -0.422 e. The molecule has 0 bridgehead atoms. The fraction of sp³-hybridized carbons (Fsp3) is 0.0556. The van der Waals surface area contributed by atoms with Crippen LogP contribution in [0.5, 0.6) is 0 Å². The molecule has 1 aliphatic rings. The zero-order chi connectivity index (χ0) is 40.1. The van der Waals surface area contributed by atoms with E-state index in [9.17, 15) is 14.4 Å². The number of hydrogen-bond acceptors (Lipinski definition) is 6. The van der Waals surface area contributed by atoms with Gasteiger partial charge < -0.3 is 13.3 Å². The first-order valence-corrected chi connectivity index (χ1v) is 20.1. The Bertz CT molecular complexity index is 3630. The standard InChI is InChI=1S/C54H32O6/c55-52-46-25-30(14-20-38(46)41-7-1-4-10-49(41)58-52)13-19-35-36-21-15-31(33-17-23-39-42-8-2-5-11-50(42)59-53(56)47(39)28-33)26-44(36)45-27-32(16-22-37(35)45)34-18-24-40-43-9-3-6-12-51(43)60-54(57)48(40)29-34/h1-12,14-18,20-29,35H,13,19H2. The highest BCUT2D eigenvalue weighted by molar-refractivity contribution is 6.07. The summed E-state index contributed by atoms with van der Waals surface area (Å²) in [6.45, 7) is 0. The Morgan fingerprint density at radius 1 is 0.350 bits per heavy atom. The molecule has 0 unspecified atom stereocenters. The third kappa shape index (κ3) is 5.31. The van der Waals surface area contributed by atoms with Crippen molar-refractivity contribution < 1.29 is 13.3 Å². The van der Waals surface area contributed by atoms with Crippen LogP contribution in [0.15, 0.2) is 191 Å². The van der Waals surface area contributed by atoms with Crippen LogP contribution in [-0.2, 0) is 6.42 Å². The molecule has 0 saturated carbocycles. The van der Waals surface area contributed by atoms with Gasteiger partial charge in [0.25, 0.3) is 0 Å². The maximum atomic E-state index is 13.2. The zero-order valence-corrected chi connectivity index (χ0v) is 32.0. The van der Waals surface area contributed by atoms with Crippen molar-refractivity contribution in [2.75, 3.05) is 0 Å². The van der Waals surface area contributed by atoms with Crippen LogP contribution in [0.3, 0.4) is 0 Å². The number of aryl methyl sites for hydroxylation is 1. The predicted octanol–water partition coefficient (Wildman–Crippen LogP) is 12.5. The van der Waals surface area contributed by atoms with Crippen LogP contribution in [0.1, 0.15) is 29.0 Å². The summed E-state index contributed by atoms with van der Waals surface area (Å²) in [7, 11) is 0. The largest absolute Gasteiger partial charge is 0.422 e. The van der Waals surface area contributed by atoms with Crippen LogP contribution in [0.4, 0.5) is 0 Å². The molecule has 0 N–H and O–H groups in total. The topological polar surface area (TPSA) is 90.6 Å². The molecule has 0 fully saturated rings. The summed E-state index contributed by atoms with van der Waals surface area (Å²) < 4.78 is 17.1. The molecule has 6 nitrogen and oxygen atoms in total. The van der Waals surface area contributed by atoms with Gasteiger partial charge in [0.1, 0.15) is 16.7 Å². The van der Waals surface area contributed by atoms with E-state index in [0.29, 0.717) is 32.9 Å². The third-order valence-electron chi connectivity index (χ3n) is 12.5. The lowest BCUT2D eigenvalue weighted by Crippen LogP contribution is -2.03. The minimum absolute atomic E-state index is 0.0897. The Hall–Kier alpha value is -7.83. The van der Waals surface area contributed by atoms with Crippen molar-refractivity contribution in [1.29, 1.82) is 0 Å². The van der Waals surface area contributed by atoms with Crippen molar-refractivity contribution in [1.82, 2.24) is 0 Å². The van der Waals surface area contributed by atoms with Gasteiger partial charge in [0.05, 0.1) is 16.2 Å². The van der Waals surface area contributed by atoms with Crippen LogP contribution in [0.2, 0.25) is 0 Å². The smallest absolute Gasteiger partial charge is 0.344 e. The summed E-state index contributed by atoms with van der Waals surface area (Å²) in [6, 6.07) is 54.2. The lowest BCUT2D eigenvalue weighted by Gasteiger charge is -2.15. The van der Waals surface area contributed by atoms with Gasteiger partial charge >= 0.3 is 16.9 Å². The number of rotatable bonds is 5. The SMILES string of the molecule is O=c1oc2ccccc2c2ccc(CCC3c4ccc(-c5ccc6c(c5)c(=O)oc5ccccc56)cc4-c4cc(-c5ccc6c(c5)c(=O)oc5ccccc56)ccc43)cc12. The quantitative estimate of drug-likeness (QED) is 0.128. The molecule has 3 heterocycles. The molecule has 0 atom stereocenters. The second-order valence-electron chi connectivity index (χ2n) is 15.8. The first kappa shape index (κ1) is 34.2. The second kappa shape index (κ2) is 13.1. The molecule has 284 valence electrons. The molecule has 11 aromatic rings. The molecule has 3 aromatic heterocycles. The zero-order valence-electron chi connectivity index (χ0n) is 32.0. The van der Waals surface area contributed by atoms with Gasteiger partial charge in [-0.15, -0.1) is 0 Å². The van der Waals surface area contributed by atoms with Crippen molar-refractivity contribution in [2.24, 2.45) is 0 Å². The summed E-state index contributed by atoms with van der Waals surface area (Å²) in [4.78, 5) is 39.6. The number of para-hydroxylation sites is 3. The summed E-state index contributed by atoms with van der Waals surface area (Å²) in [5.41, 5.74) is 10.2. The van der Waals surface area contributed by atoms with Crippen LogP contribution >= 0.6 is 0 Å². The Labute approximate surface area is 341 Å². The highest BCUT2D eigenvalue weighted by Gasteiger charge is 2.29. The van der Waals surface area contributed by atoms with Crippen molar-refractivity contribution >= 4 is 65.2 Å². The summed E-state index contributed by atoms with van der Waals surface area (Å²) in [5.74, 6) is 0.0897. The molecule has 60 heavy (non-hydrogen) atoms. The van der Waals surface area contributed by atoms with Gasteiger partial charge in [0.15, 0.2) is 0 Å². The second-order valence-corrected chi connectivity index (χ2v) is 15.8. The molecule has 0 aliphatic heterocycles. The molecule has 6 heteroatoms. The third-order valence-corrected chi connectivity index (χ3v) is 12.5. The Balaban J connectivity index is 0.971. The highest BCUT2D eigenvalue weighted by atomic mass is 16.4. The van der Waals surface area contributed by atoms with Crippen molar-refractivity contribution in [2.45, 2.75) is 18.8 Å². The van der Waals surface area contributed by atoms with Crippen LogP contribution in [0, 0.1) is 0 Å². The van der Waals surface area contributed by atoms with Gasteiger partial charge in [0, 0.05) is 22.1 Å². The lowest BCUT2D eigenvalue weighted by molar-refractivity contribution is 0.569. The normalized spacial score (nSPS) is 12.6. The predicted molar refractivity (Wildman–Crippen MR) is 240 cm³/mol. The van der Waals surface area contributed by atoms with E-state index in [0.717, 1.165) is 84.1 Å². The molecular weight excluding hydrogens is 745 g/mol. The van der Waals surface area contributed by atoms with Gasteiger partial charge in [-0.3, -0.25) is 0 Å². The summed E-state index contributed by atoms with van der Waals surface area (Å²) in [6.07, 6.45) is 1.56. The van der Waals surface area contributed by atoms with E-state index in [-0.39, 0.29) is 22.8 Å². The van der Waals surface area contributed by atoms with Gasteiger partial charge in [-0.25, -0.2) is 14.4 Å². The van der Waals surface area contributed by atoms with E-state index in [1.807, 2.05) is 109 Å². The summed E-state index contributed by atoms with van der Waals surface area (Å²) in [5, 5.41) is 7.00. The van der Waals surface area contributed by atoms with Crippen molar-refractivity contribution in [3.8, 4) is 33.4 Å². The molecule has 0 spiro atoms. The Morgan fingerprint density at radius 2 is 0.733 bits per heavy atom. The van der Waals surface area contributed by atoms with E-state index >= 15 is 0 Å². The number of benzene rings is 8. The van der Waals surface area contributed by atoms with E-state index in [1.54, 1.807) is 0 Å². The van der Waals surface area contributed by atoms with Gasteiger partial charge in [0.2, 0.25) is 0 Å². The monoisotopic (exact) mass is 776 g/mol. The van der Waals surface area contributed by atoms with Crippen LogP contribution in [0.25, 0.3) is 98.6 Å². The summed E-state index contributed by atoms with van der Waals surface area (Å²) >= 11 is 0. The number of fused-ring (bicyclic) bond motifs is 12. The first-order valence-electron chi connectivity index (χ1n) is 20.1. The fourth-order valence-electron chi connectivity index (χ4n) is 9.54. The number of hydrogen-bond donors (Lipinski definition) is 0. The van der Waals surface area contributed by atoms with Gasteiger partial charge in [-0.1, -0.05) is 115 Å². The fourth-order valence-corrected chi connectivity index (χ4v) is 9.54.